The number of benzene rings is 1. The molecule has 0 saturated carbocycles. The summed E-state index contributed by atoms with van der Waals surface area (Å²) < 4.78 is 24.9. The molecule has 4 nitrogen and oxygen atoms in total. The van der Waals surface area contributed by atoms with Crippen molar-refractivity contribution in [3.8, 4) is 0 Å². The van der Waals surface area contributed by atoms with E-state index in [1.165, 1.54) is 11.8 Å². The average molecular weight is 282 g/mol. The number of piperazine rings is 1. The molecule has 0 bridgehead atoms. The third kappa shape index (κ3) is 3.55. The van der Waals surface area contributed by atoms with Gasteiger partial charge in [-0.05, 0) is 19.4 Å². The van der Waals surface area contributed by atoms with Crippen molar-refractivity contribution in [2.45, 2.75) is 25.9 Å². The van der Waals surface area contributed by atoms with E-state index in [9.17, 15) is 8.42 Å². The van der Waals surface area contributed by atoms with E-state index >= 15 is 0 Å². The smallest absolute Gasteiger partial charge is 0.211 e. The quantitative estimate of drug-likeness (QED) is 0.844. The maximum Gasteiger partial charge on any atom is 0.211 e. The highest BCUT2D eigenvalue weighted by atomic mass is 32.2. The van der Waals surface area contributed by atoms with Gasteiger partial charge in [0.05, 0.1) is 6.26 Å². The van der Waals surface area contributed by atoms with E-state index in [1.54, 1.807) is 4.31 Å². The topological polar surface area (TPSA) is 40.6 Å². The van der Waals surface area contributed by atoms with E-state index in [0.717, 1.165) is 13.1 Å². The highest BCUT2D eigenvalue weighted by Crippen LogP contribution is 2.24. The van der Waals surface area contributed by atoms with Gasteiger partial charge in [0.1, 0.15) is 0 Å². The van der Waals surface area contributed by atoms with E-state index in [2.05, 4.69) is 30.9 Å². The van der Waals surface area contributed by atoms with Crippen molar-refractivity contribution >= 4 is 10.0 Å². The number of hydrogen-bond donors (Lipinski definition) is 0. The van der Waals surface area contributed by atoms with Crippen molar-refractivity contribution in [1.29, 1.82) is 0 Å². The molecule has 1 aromatic rings. The Labute approximate surface area is 116 Å². The third-order valence-corrected chi connectivity index (χ3v) is 4.97. The molecule has 0 aromatic heterocycles. The van der Waals surface area contributed by atoms with Crippen LogP contribution < -0.4 is 0 Å². The molecule has 1 fully saturated rings. The summed E-state index contributed by atoms with van der Waals surface area (Å²) in [6.07, 6.45) is 1.29. The number of sulfonamides is 1. The first-order chi connectivity index (χ1) is 8.79. The second-order valence-electron chi connectivity index (χ2n) is 5.82. The first-order valence-corrected chi connectivity index (χ1v) is 8.38. The van der Waals surface area contributed by atoms with Crippen LogP contribution in [0, 0.1) is 0 Å². The summed E-state index contributed by atoms with van der Waals surface area (Å²) in [4.78, 5) is 2.35. The van der Waals surface area contributed by atoms with E-state index in [1.807, 2.05) is 18.2 Å². The summed E-state index contributed by atoms with van der Waals surface area (Å²) in [6.45, 7) is 6.98. The molecule has 0 atom stereocenters. The second-order valence-corrected chi connectivity index (χ2v) is 7.80. The Morgan fingerprint density at radius 2 is 1.79 bits per heavy atom. The Morgan fingerprint density at radius 3 is 2.32 bits per heavy atom. The highest BCUT2D eigenvalue weighted by Gasteiger charge is 2.36. The summed E-state index contributed by atoms with van der Waals surface area (Å²) in [6, 6.07) is 10.3. The fourth-order valence-corrected chi connectivity index (χ4v) is 3.49. The molecule has 1 aliphatic rings. The predicted molar refractivity (Wildman–Crippen MR) is 77.3 cm³/mol. The number of hydrogen-bond acceptors (Lipinski definition) is 3. The molecule has 0 amide bonds. The van der Waals surface area contributed by atoms with Crippen LogP contribution in [0.1, 0.15) is 19.4 Å². The molecule has 2 rings (SSSR count). The molecule has 1 aromatic carbocycles. The van der Waals surface area contributed by atoms with Gasteiger partial charge in [0, 0.05) is 31.7 Å². The van der Waals surface area contributed by atoms with E-state index in [-0.39, 0.29) is 5.54 Å². The van der Waals surface area contributed by atoms with Crippen LogP contribution in [0.4, 0.5) is 0 Å². The minimum atomic E-state index is -3.09. The third-order valence-electron chi connectivity index (χ3n) is 3.72. The lowest BCUT2D eigenvalue weighted by Crippen LogP contribution is -2.59. The van der Waals surface area contributed by atoms with Crippen molar-refractivity contribution in [2.24, 2.45) is 0 Å². The van der Waals surface area contributed by atoms with Crippen LogP contribution in [-0.2, 0) is 16.6 Å². The lowest BCUT2D eigenvalue weighted by atomic mass is 9.99. The molecule has 5 heteroatoms. The Morgan fingerprint density at radius 1 is 1.16 bits per heavy atom. The Kier molecular flexibility index (Phi) is 3.99. The molecule has 1 heterocycles. The molecule has 0 radical (unpaired) electrons. The molecule has 0 aliphatic carbocycles. The van der Waals surface area contributed by atoms with Crippen LogP contribution in [-0.4, -0.2) is 49.1 Å². The van der Waals surface area contributed by atoms with Gasteiger partial charge in [-0.15, -0.1) is 0 Å². The molecule has 1 aliphatic heterocycles. The van der Waals surface area contributed by atoms with Gasteiger partial charge < -0.3 is 0 Å². The van der Waals surface area contributed by atoms with Gasteiger partial charge in [-0.3, -0.25) is 4.90 Å². The van der Waals surface area contributed by atoms with Crippen molar-refractivity contribution in [2.75, 3.05) is 25.9 Å². The first kappa shape index (κ1) is 14.5. The molecular formula is C14H22N2O2S. The Hall–Kier alpha value is -0.910. The van der Waals surface area contributed by atoms with Gasteiger partial charge in [0.15, 0.2) is 0 Å². The number of rotatable bonds is 3. The zero-order valence-electron chi connectivity index (χ0n) is 11.8. The fraction of sp³-hybridized carbons (Fsp3) is 0.571. The zero-order chi connectivity index (χ0) is 14.1. The minimum Gasteiger partial charge on any atom is -0.291 e. The largest absolute Gasteiger partial charge is 0.291 e. The summed E-state index contributed by atoms with van der Waals surface area (Å²) in [5.74, 6) is 0. The second kappa shape index (κ2) is 5.23. The standard InChI is InChI=1S/C14H22N2O2S/c1-14(2)12-16(19(3,17)18)10-9-15(14)11-13-7-5-4-6-8-13/h4-8H,9-12H2,1-3H3. The van der Waals surface area contributed by atoms with Crippen molar-refractivity contribution in [3.05, 3.63) is 35.9 Å². The molecule has 106 valence electrons. The molecule has 0 N–H and O–H groups in total. The Bertz CT molecular complexity index is 526. The zero-order valence-corrected chi connectivity index (χ0v) is 12.7. The Balaban J connectivity index is 2.09. The van der Waals surface area contributed by atoms with Gasteiger partial charge >= 0.3 is 0 Å². The van der Waals surface area contributed by atoms with Gasteiger partial charge in [-0.2, -0.15) is 4.31 Å². The maximum absolute atomic E-state index is 11.6. The lowest BCUT2D eigenvalue weighted by molar-refractivity contribution is 0.0476. The molecular weight excluding hydrogens is 260 g/mol. The lowest BCUT2D eigenvalue weighted by Gasteiger charge is -2.46. The maximum atomic E-state index is 11.6. The highest BCUT2D eigenvalue weighted by molar-refractivity contribution is 7.88. The van der Waals surface area contributed by atoms with Crippen LogP contribution in [0.2, 0.25) is 0 Å². The summed E-state index contributed by atoms with van der Waals surface area (Å²) in [7, 11) is -3.09. The predicted octanol–water partition coefficient (Wildman–Crippen LogP) is 1.54. The van der Waals surface area contributed by atoms with Gasteiger partial charge in [0.25, 0.3) is 0 Å². The minimum absolute atomic E-state index is 0.142. The summed E-state index contributed by atoms with van der Waals surface area (Å²) in [5, 5.41) is 0. The molecule has 19 heavy (non-hydrogen) atoms. The van der Waals surface area contributed by atoms with Crippen molar-refractivity contribution < 1.29 is 8.42 Å². The van der Waals surface area contributed by atoms with Crippen molar-refractivity contribution in [3.63, 3.8) is 0 Å². The van der Waals surface area contributed by atoms with E-state index in [0.29, 0.717) is 13.1 Å². The van der Waals surface area contributed by atoms with E-state index < -0.39 is 10.0 Å². The molecule has 0 unspecified atom stereocenters. The first-order valence-electron chi connectivity index (χ1n) is 6.53. The van der Waals surface area contributed by atoms with E-state index in [4.69, 9.17) is 0 Å². The van der Waals surface area contributed by atoms with Gasteiger partial charge in [-0.1, -0.05) is 30.3 Å². The van der Waals surface area contributed by atoms with Gasteiger partial charge in [0.2, 0.25) is 10.0 Å². The normalized spacial score (nSPS) is 21.4. The monoisotopic (exact) mass is 282 g/mol. The number of nitrogens with zero attached hydrogens (tertiary/aromatic N) is 2. The van der Waals surface area contributed by atoms with Crippen LogP contribution in [0.3, 0.4) is 0 Å². The van der Waals surface area contributed by atoms with Crippen molar-refractivity contribution in [1.82, 2.24) is 9.21 Å². The van der Waals surface area contributed by atoms with Gasteiger partial charge in [-0.25, -0.2) is 8.42 Å². The molecule has 0 spiro atoms. The fourth-order valence-electron chi connectivity index (χ4n) is 2.53. The SMILES string of the molecule is CC1(C)CN(S(C)(=O)=O)CCN1Cc1ccccc1. The summed E-state index contributed by atoms with van der Waals surface area (Å²) >= 11 is 0. The average Bonchev–Trinajstić information content (AvgIpc) is 2.31. The van der Waals surface area contributed by atoms with Crippen LogP contribution in [0.25, 0.3) is 0 Å². The molecule has 1 saturated heterocycles. The summed E-state index contributed by atoms with van der Waals surface area (Å²) in [5.41, 5.74) is 1.13. The van der Waals surface area contributed by atoms with Crippen LogP contribution in [0.5, 0.6) is 0 Å². The van der Waals surface area contributed by atoms with Crippen LogP contribution >= 0.6 is 0 Å². The van der Waals surface area contributed by atoms with Crippen LogP contribution in [0.15, 0.2) is 30.3 Å².